The summed E-state index contributed by atoms with van der Waals surface area (Å²) in [7, 11) is 0.400. The number of rotatable bonds is 12. The molecule has 2 aromatic carbocycles. The topological polar surface area (TPSA) is 99.3 Å². The maximum Gasteiger partial charge on any atom is 0.304 e. The predicted octanol–water partition coefficient (Wildman–Crippen LogP) is 2.87. The lowest BCUT2D eigenvalue weighted by Gasteiger charge is -2.34. The average Bonchev–Trinajstić information content (AvgIpc) is 2.84. The van der Waals surface area contributed by atoms with E-state index in [1.54, 1.807) is 32.2 Å². The number of methoxy groups -OCH3 is 1. The molecule has 9 nitrogen and oxygen atoms in total. The number of anilines is 1. The molecule has 0 spiro atoms. The van der Waals surface area contributed by atoms with Crippen molar-refractivity contribution in [2.75, 3.05) is 38.6 Å². The molecule has 0 aliphatic carbocycles. The molecule has 0 radical (unpaired) electrons. The second-order valence-electron chi connectivity index (χ2n) is 8.78. The van der Waals surface area contributed by atoms with E-state index in [1.807, 2.05) is 45.0 Å². The molecule has 2 rings (SSSR count). The summed E-state index contributed by atoms with van der Waals surface area (Å²) in [6.07, 6.45) is 0.367. The molecule has 0 heterocycles. The third kappa shape index (κ3) is 6.98. The molecule has 2 amide bonds. The van der Waals surface area contributed by atoms with Crippen molar-refractivity contribution in [1.82, 2.24) is 14.5 Å². The number of nitrogens with one attached hydrogen (secondary N) is 1. The summed E-state index contributed by atoms with van der Waals surface area (Å²) in [4.78, 5) is 28.2. The Hall–Kier alpha value is -3.11. The number of aryl methyl sites for hydroxylation is 2. The van der Waals surface area contributed by atoms with E-state index in [0.29, 0.717) is 30.0 Å². The lowest BCUT2D eigenvalue weighted by Crippen LogP contribution is -2.53. The third-order valence-electron chi connectivity index (χ3n) is 5.88. The van der Waals surface area contributed by atoms with E-state index in [9.17, 15) is 18.0 Å². The Balaban J connectivity index is 2.56. The zero-order valence-electron chi connectivity index (χ0n) is 22.2. The van der Waals surface area contributed by atoms with Crippen molar-refractivity contribution in [1.29, 1.82) is 0 Å². The van der Waals surface area contributed by atoms with E-state index in [1.165, 1.54) is 19.0 Å². The molecule has 0 bridgehead atoms. The minimum Gasteiger partial charge on any atom is -0.497 e. The maximum absolute atomic E-state index is 13.9. The highest BCUT2D eigenvalue weighted by molar-refractivity contribution is 7.90. The van der Waals surface area contributed by atoms with Crippen molar-refractivity contribution >= 4 is 27.7 Å². The van der Waals surface area contributed by atoms with Gasteiger partial charge in [-0.25, -0.2) is 4.31 Å². The summed E-state index contributed by atoms with van der Waals surface area (Å²) in [5.41, 5.74) is 2.77. The first kappa shape index (κ1) is 29.1. The Morgan fingerprint density at radius 2 is 1.75 bits per heavy atom. The van der Waals surface area contributed by atoms with Gasteiger partial charge in [-0.3, -0.25) is 9.59 Å². The molecular weight excluding hydrogens is 480 g/mol. The first-order valence-electron chi connectivity index (χ1n) is 11.9. The number of amides is 2. The van der Waals surface area contributed by atoms with Crippen LogP contribution in [0.2, 0.25) is 0 Å². The van der Waals surface area contributed by atoms with Gasteiger partial charge in [-0.05, 0) is 62.1 Å². The molecule has 0 aromatic heterocycles. The van der Waals surface area contributed by atoms with Gasteiger partial charge in [0.1, 0.15) is 18.3 Å². The Labute approximate surface area is 215 Å². The van der Waals surface area contributed by atoms with Gasteiger partial charge in [-0.15, -0.1) is 0 Å². The summed E-state index contributed by atoms with van der Waals surface area (Å²) < 4.78 is 34.2. The lowest BCUT2D eigenvalue weighted by atomic mass is 10.1. The fraction of sp³-hybridized carbons (Fsp3) is 0.462. The molecule has 0 saturated heterocycles. The number of ether oxygens (including phenoxy) is 1. The number of carbonyl (C=O) groups excluding carboxylic acids is 2. The minimum atomic E-state index is -4.01. The average molecular weight is 519 g/mol. The molecule has 2 aromatic rings. The number of likely N-dealkylation sites (N-methyl/N-ethyl adjacent to an activating group) is 1. The van der Waals surface area contributed by atoms with E-state index in [0.717, 1.165) is 19.7 Å². The molecule has 10 heteroatoms. The van der Waals surface area contributed by atoms with Gasteiger partial charge in [0.2, 0.25) is 11.8 Å². The standard InChI is InChI=1S/C26H38N4O5S/c1-8-23(26(32)27-9-2)29(17-21-11-10-12-22(16-21)35-7)25(31)18-30(36(33,34)28(5)6)24-15-19(3)13-14-20(24)4/h10-16,23H,8-9,17-18H2,1-7H3,(H,27,32)/t23-/m0/s1. The van der Waals surface area contributed by atoms with E-state index in [2.05, 4.69) is 5.32 Å². The molecular formula is C26H38N4O5S. The highest BCUT2D eigenvalue weighted by Crippen LogP contribution is 2.26. The van der Waals surface area contributed by atoms with Crippen LogP contribution in [0.1, 0.15) is 37.0 Å². The van der Waals surface area contributed by atoms with Crippen molar-refractivity contribution < 1.29 is 22.7 Å². The molecule has 198 valence electrons. The number of carbonyl (C=O) groups is 2. The summed E-state index contributed by atoms with van der Waals surface area (Å²) in [6, 6.07) is 11.9. The van der Waals surface area contributed by atoms with Crippen LogP contribution in [0.5, 0.6) is 5.75 Å². The van der Waals surface area contributed by atoms with Crippen molar-refractivity contribution in [3.8, 4) is 5.75 Å². The maximum atomic E-state index is 13.9. The number of nitrogens with zero attached hydrogens (tertiary/aromatic N) is 3. The van der Waals surface area contributed by atoms with Crippen molar-refractivity contribution in [3.63, 3.8) is 0 Å². The number of benzene rings is 2. The van der Waals surface area contributed by atoms with Gasteiger partial charge in [0.25, 0.3) is 0 Å². The zero-order chi connectivity index (χ0) is 27.0. The van der Waals surface area contributed by atoms with Crippen molar-refractivity contribution in [3.05, 3.63) is 59.2 Å². The Bertz CT molecular complexity index is 1170. The normalized spacial score (nSPS) is 12.2. The van der Waals surface area contributed by atoms with Crippen molar-refractivity contribution in [2.45, 2.75) is 46.7 Å². The molecule has 1 atom stereocenters. The molecule has 1 N–H and O–H groups in total. The molecule has 0 aliphatic heterocycles. The van der Waals surface area contributed by atoms with Gasteiger partial charge in [-0.1, -0.05) is 31.2 Å². The smallest absolute Gasteiger partial charge is 0.304 e. The van der Waals surface area contributed by atoms with Crippen LogP contribution < -0.4 is 14.4 Å². The van der Waals surface area contributed by atoms with Crippen LogP contribution in [0.25, 0.3) is 0 Å². The SMILES string of the molecule is CCNC(=O)[C@H](CC)N(Cc1cccc(OC)c1)C(=O)CN(c1cc(C)ccc1C)S(=O)(=O)N(C)C. The van der Waals surface area contributed by atoms with Gasteiger partial charge < -0.3 is 15.0 Å². The summed E-state index contributed by atoms with van der Waals surface area (Å²) >= 11 is 0. The first-order valence-corrected chi connectivity index (χ1v) is 13.3. The fourth-order valence-corrected chi connectivity index (χ4v) is 4.98. The second kappa shape index (κ2) is 12.7. The highest BCUT2D eigenvalue weighted by atomic mass is 32.2. The summed E-state index contributed by atoms with van der Waals surface area (Å²) in [5, 5.41) is 2.79. The van der Waals surface area contributed by atoms with Crippen molar-refractivity contribution in [2.24, 2.45) is 0 Å². The summed E-state index contributed by atoms with van der Waals surface area (Å²) in [6.45, 7) is 7.38. The van der Waals surface area contributed by atoms with Gasteiger partial charge in [-0.2, -0.15) is 12.7 Å². The Kier molecular flexibility index (Phi) is 10.3. The van der Waals surface area contributed by atoms with E-state index in [4.69, 9.17) is 4.74 Å². The van der Waals surface area contributed by atoms with Crippen LogP contribution in [0.15, 0.2) is 42.5 Å². The largest absolute Gasteiger partial charge is 0.497 e. The van der Waals surface area contributed by atoms with Crippen LogP contribution in [0.3, 0.4) is 0 Å². The fourth-order valence-electron chi connectivity index (χ4n) is 3.87. The third-order valence-corrected chi connectivity index (χ3v) is 7.68. The van der Waals surface area contributed by atoms with Crippen LogP contribution >= 0.6 is 0 Å². The van der Waals surface area contributed by atoms with Crippen LogP contribution in [-0.2, 0) is 26.3 Å². The van der Waals surface area contributed by atoms with Gasteiger partial charge in [0.05, 0.1) is 12.8 Å². The van der Waals surface area contributed by atoms with Gasteiger partial charge in [0, 0.05) is 27.2 Å². The Morgan fingerprint density at radius 1 is 1.06 bits per heavy atom. The molecule has 0 fully saturated rings. The number of hydrogen-bond donors (Lipinski definition) is 1. The van der Waals surface area contributed by atoms with Gasteiger partial charge >= 0.3 is 10.2 Å². The van der Waals surface area contributed by atoms with Crippen LogP contribution in [-0.4, -0.2) is 69.8 Å². The zero-order valence-corrected chi connectivity index (χ0v) is 23.1. The molecule has 0 aliphatic rings. The van der Waals surface area contributed by atoms with Crippen LogP contribution in [0.4, 0.5) is 5.69 Å². The molecule has 0 saturated carbocycles. The lowest BCUT2D eigenvalue weighted by molar-refractivity contribution is -0.140. The Morgan fingerprint density at radius 3 is 2.33 bits per heavy atom. The van der Waals surface area contributed by atoms with Crippen LogP contribution in [0, 0.1) is 13.8 Å². The molecule has 0 unspecified atom stereocenters. The predicted molar refractivity (Wildman–Crippen MR) is 142 cm³/mol. The van der Waals surface area contributed by atoms with E-state index in [-0.39, 0.29) is 12.5 Å². The summed E-state index contributed by atoms with van der Waals surface area (Å²) in [5.74, 6) is -0.148. The first-order chi connectivity index (χ1) is 17.0. The number of hydrogen-bond acceptors (Lipinski definition) is 5. The minimum absolute atomic E-state index is 0.119. The quantitative estimate of drug-likeness (QED) is 0.466. The molecule has 36 heavy (non-hydrogen) atoms. The van der Waals surface area contributed by atoms with Gasteiger partial charge in [0.15, 0.2) is 0 Å². The monoisotopic (exact) mass is 518 g/mol. The second-order valence-corrected chi connectivity index (χ2v) is 10.8. The van der Waals surface area contributed by atoms with E-state index >= 15 is 0 Å². The van der Waals surface area contributed by atoms with E-state index < -0.39 is 28.7 Å². The highest BCUT2D eigenvalue weighted by Gasteiger charge is 2.34.